The first-order valence-corrected chi connectivity index (χ1v) is 7.54. The van der Waals surface area contributed by atoms with Crippen molar-refractivity contribution in [1.29, 1.82) is 0 Å². The summed E-state index contributed by atoms with van der Waals surface area (Å²) in [4.78, 5) is 12.0. The van der Waals surface area contributed by atoms with Gasteiger partial charge in [0.25, 0.3) is 0 Å². The van der Waals surface area contributed by atoms with Crippen LogP contribution in [-0.2, 0) is 6.54 Å². The average molecular weight is 305 g/mol. The van der Waals surface area contributed by atoms with E-state index in [4.69, 9.17) is 0 Å². The summed E-state index contributed by atoms with van der Waals surface area (Å²) in [5, 5.41) is 5.74. The van der Waals surface area contributed by atoms with Crippen LogP contribution in [-0.4, -0.2) is 10.6 Å². The van der Waals surface area contributed by atoms with Crippen LogP contribution in [0.15, 0.2) is 73.1 Å². The topological polar surface area (TPSA) is 46.1 Å². The lowest BCUT2D eigenvalue weighted by Crippen LogP contribution is -2.28. The second kappa shape index (κ2) is 6.83. The van der Waals surface area contributed by atoms with E-state index in [0.29, 0.717) is 6.54 Å². The average Bonchev–Trinajstić information content (AvgIpc) is 3.08. The van der Waals surface area contributed by atoms with E-state index in [1.54, 1.807) is 0 Å². The number of aryl methyl sites for hydroxylation is 1. The molecule has 0 radical (unpaired) electrons. The summed E-state index contributed by atoms with van der Waals surface area (Å²) in [5.74, 6) is 0. The molecule has 0 saturated carbocycles. The van der Waals surface area contributed by atoms with Crippen LogP contribution in [0.3, 0.4) is 0 Å². The van der Waals surface area contributed by atoms with Gasteiger partial charge in [-0.25, -0.2) is 4.79 Å². The number of carbonyl (C=O) groups excluding carboxylic acids is 1. The van der Waals surface area contributed by atoms with Crippen molar-refractivity contribution >= 4 is 11.7 Å². The highest BCUT2D eigenvalue weighted by molar-refractivity contribution is 5.89. The van der Waals surface area contributed by atoms with Crippen molar-refractivity contribution < 1.29 is 4.79 Å². The van der Waals surface area contributed by atoms with Gasteiger partial charge in [0.05, 0.1) is 0 Å². The lowest BCUT2D eigenvalue weighted by atomic mass is 10.1. The minimum Gasteiger partial charge on any atom is -0.334 e. The summed E-state index contributed by atoms with van der Waals surface area (Å²) in [6.45, 7) is 2.54. The summed E-state index contributed by atoms with van der Waals surface area (Å²) in [7, 11) is 0. The zero-order chi connectivity index (χ0) is 16.1. The van der Waals surface area contributed by atoms with Crippen LogP contribution in [0.1, 0.15) is 11.1 Å². The molecule has 0 aliphatic heterocycles. The first-order chi connectivity index (χ1) is 11.2. The van der Waals surface area contributed by atoms with Crippen molar-refractivity contribution in [3.8, 4) is 5.69 Å². The molecule has 4 nitrogen and oxygen atoms in total. The molecule has 0 aliphatic rings. The third-order valence-electron chi connectivity index (χ3n) is 3.54. The van der Waals surface area contributed by atoms with Crippen molar-refractivity contribution in [2.24, 2.45) is 0 Å². The molecule has 0 aliphatic carbocycles. The fourth-order valence-corrected chi connectivity index (χ4v) is 2.43. The molecular formula is C19H19N3O. The van der Waals surface area contributed by atoms with Crippen LogP contribution in [0.4, 0.5) is 10.5 Å². The zero-order valence-electron chi connectivity index (χ0n) is 13.0. The van der Waals surface area contributed by atoms with Crippen molar-refractivity contribution in [1.82, 2.24) is 9.88 Å². The van der Waals surface area contributed by atoms with Crippen LogP contribution >= 0.6 is 0 Å². The number of benzene rings is 2. The molecule has 0 fully saturated rings. The summed E-state index contributed by atoms with van der Waals surface area (Å²) < 4.78 is 2.00. The third kappa shape index (κ3) is 4.01. The fraction of sp³-hybridized carbons (Fsp3) is 0.105. The summed E-state index contributed by atoms with van der Waals surface area (Å²) in [5.41, 5.74) is 4.04. The van der Waals surface area contributed by atoms with E-state index in [1.165, 1.54) is 5.56 Å². The Kier molecular flexibility index (Phi) is 4.43. The van der Waals surface area contributed by atoms with E-state index in [1.807, 2.05) is 78.5 Å². The Labute approximate surface area is 135 Å². The van der Waals surface area contributed by atoms with Crippen molar-refractivity contribution in [2.75, 3.05) is 5.32 Å². The Bertz CT molecular complexity index is 794. The van der Waals surface area contributed by atoms with Gasteiger partial charge in [-0.3, -0.25) is 0 Å². The maximum Gasteiger partial charge on any atom is 0.319 e. The molecule has 3 rings (SSSR count). The number of urea groups is 1. The largest absolute Gasteiger partial charge is 0.334 e. The highest BCUT2D eigenvalue weighted by Crippen LogP contribution is 2.14. The smallest absolute Gasteiger partial charge is 0.319 e. The Morgan fingerprint density at radius 1 is 1.00 bits per heavy atom. The number of nitrogens with one attached hydrogen (secondary N) is 2. The predicted molar refractivity (Wildman–Crippen MR) is 92.8 cm³/mol. The lowest BCUT2D eigenvalue weighted by molar-refractivity contribution is 0.251. The number of hydrogen-bond donors (Lipinski definition) is 2. The van der Waals surface area contributed by atoms with Gasteiger partial charge in [-0.15, -0.1) is 0 Å². The van der Waals surface area contributed by atoms with Crippen LogP contribution in [0.2, 0.25) is 0 Å². The molecule has 2 amide bonds. The molecule has 3 aromatic rings. The number of aromatic nitrogens is 1. The molecule has 0 saturated heterocycles. The maximum absolute atomic E-state index is 12.0. The quantitative estimate of drug-likeness (QED) is 0.748. The molecule has 1 heterocycles. The molecular weight excluding hydrogens is 286 g/mol. The molecule has 0 bridgehead atoms. The van der Waals surface area contributed by atoms with Gasteiger partial charge in [-0.1, -0.05) is 35.9 Å². The second-order valence-corrected chi connectivity index (χ2v) is 5.44. The minimum absolute atomic E-state index is 0.212. The maximum atomic E-state index is 12.0. The van der Waals surface area contributed by atoms with E-state index in [9.17, 15) is 4.79 Å². The normalized spacial score (nSPS) is 10.3. The summed E-state index contributed by atoms with van der Waals surface area (Å²) >= 11 is 0. The van der Waals surface area contributed by atoms with Crippen molar-refractivity contribution in [3.63, 3.8) is 0 Å². The Hall–Kier alpha value is -3.01. The summed E-state index contributed by atoms with van der Waals surface area (Å²) in [6.07, 6.45) is 3.94. The van der Waals surface area contributed by atoms with Gasteiger partial charge in [-0.2, -0.15) is 0 Å². The molecule has 0 atom stereocenters. The van der Waals surface area contributed by atoms with E-state index in [0.717, 1.165) is 16.9 Å². The molecule has 0 unspecified atom stereocenters. The van der Waals surface area contributed by atoms with E-state index >= 15 is 0 Å². The van der Waals surface area contributed by atoms with Gasteiger partial charge in [-0.05, 0) is 42.8 Å². The first kappa shape index (κ1) is 14.9. The van der Waals surface area contributed by atoms with Crippen LogP contribution < -0.4 is 10.6 Å². The highest BCUT2D eigenvalue weighted by Gasteiger charge is 2.03. The molecule has 23 heavy (non-hydrogen) atoms. The molecule has 2 aromatic carbocycles. The Morgan fingerprint density at radius 3 is 2.57 bits per heavy atom. The van der Waals surface area contributed by atoms with Gasteiger partial charge in [0, 0.05) is 30.3 Å². The van der Waals surface area contributed by atoms with Crippen molar-refractivity contribution in [3.05, 3.63) is 84.2 Å². The number of hydrogen-bond acceptors (Lipinski definition) is 1. The van der Waals surface area contributed by atoms with E-state index < -0.39 is 0 Å². The number of nitrogens with zero attached hydrogens (tertiary/aromatic N) is 1. The van der Waals surface area contributed by atoms with E-state index in [2.05, 4.69) is 16.7 Å². The number of amides is 2. The summed E-state index contributed by atoms with van der Waals surface area (Å²) in [6, 6.07) is 19.5. The van der Waals surface area contributed by atoms with Gasteiger partial charge in [0.2, 0.25) is 0 Å². The van der Waals surface area contributed by atoms with Gasteiger partial charge < -0.3 is 15.2 Å². The van der Waals surface area contributed by atoms with Gasteiger partial charge >= 0.3 is 6.03 Å². The molecule has 4 heteroatoms. The van der Waals surface area contributed by atoms with Gasteiger partial charge in [0.15, 0.2) is 0 Å². The zero-order valence-corrected chi connectivity index (χ0v) is 13.0. The van der Waals surface area contributed by atoms with Crippen LogP contribution in [0.5, 0.6) is 0 Å². The second-order valence-electron chi connectivity index (χ2n) is 5.44. The third-order valence-corrected chi connectivity index (χ3v) is 3.54. The monoisotopic (exact) mass is 305 g/mol. The lowest BCUT2D eigenvalue weighted by Gasteiger charge is -2.10. The highest BCUT2D eigenvalue weighted by atomic mass is 16.2. The molecule has 2 N–H and O–H groups in total. The number of anilines is 1. The molecule has 116 valence electrons. The SMILES string of the molecule is Cc1cccc(CNC(=O)Nc2cccc(-n3cccc3)c2)c1. The predicted octanol–water partition coefficient (Wildman–Crippen LogP) is 4.11. The Morgan fingerprint density at radius 2 is 1.78 bits per heavy atom. The number of carbonyl (C=O) groups is 1. The standard InChI is InChI=1S/C19H19N3O/c1-15-6-4-7-16(12-15)14-20-19(23)21-17-8-5-9-18(13-17)22-10-2-3-11-22/h2-13H,14H2,1H3,(H2,20,21,23). The fourth-order valence-electron chi connectivity index (χ4n) is 2.43. The number of rotatable bonds is 4. The van der Waals surface area contributed by atoms with Gasteiger partial charge in [0.1, 0.15) is 0 Å². The van der Waals surface area contributed by atoms with Crippen molar-refractivity contribution in [2.45, 2.75) is 13.5 Å². The van der Waals surface area contributed by atoms with E-state index in [-0.39, 0.29) is 6.03 Å². The Balaban J connectivity index is 1.61. The molecule has 0 spiro atoms. The van der Waals surface area contributed by atoms with Crippen LogP contribution in [0.25, 0.3) is 5.69 Å². The van der Waals surface area contributed by atoms with Crippen LogP contribution in [0, 0.1) is 6.92 Å². The first-order valence-electron chi connectivity index (χ1n) is 7.54. The minimum atomic E-state index is -0.212. The molecule has 1 aromatic heterocycles.